The summed E-state index contributed by atoms with van der Waals surface area (Å²) in [5.74, 6) is -0.598. The van der Waals surface area contributed by atoms with Crippen molar-refractivity contribution in [1.29, 1.82) is 0 Å². The first-order valence-corrected chi connectivity index (χ1v) is 10.4. The van der Waals surface area contributed by atoms with Crippen LogP contribution in [0.1, 0.15) is 24.8 Å². The molecule has 0 unspecified atom stereocenters. The zero-order valence-electron chi connectivity index (χ0n) is 17.4. The number of amides is 2. The Morgan fingerprint density at radius 3 is 2.84 bits per heavy atom. The van der Waals surface area contributed by atoms with E-state index in [9.17, 15) is 14.0 Å². The van der Waals surface area contributed by atoms with Gasteiger partial charge in [0.25, 0.3) is 0 Å². The molecule has 3 atom stereocenters. The van der Waals surface area contributed by atoms with Gasteiger partial charge in [-0.2, -0.15) is 0 Å². The molecule has 7 nitrogen and oxygen atoms in total. The molecule has 0 saturated carbocycles. The molecule has 0 radical (unpaired) electrons. The molecular formula is C23H24FN3O4. The number of nitrogens with one attached hydrogen (secondary N) is 2. The molecule has 3 aliphatic rings. The van der Waals surface area contributed by atoms with Crippen LogP contribution in [0.4, 0.5) is 15.8 Å². The molecule has 2 amide bonds. The summed E-state index contributed by atoms with van der Waals surface area (Å²) < 4.78 is 24.9. The molecule has 3 aliphatic heterocycles. The van der Waals surface area contributed by atoms with E-state index in [1.165, 1.54) is 19.2 Å². The number of benzene rings is 2. The second-order valence-corrected chi connectivity index (χ2v) is 8.24. The normalized spacial score (nSPS) is 26.5. The molecule has 1 spiro atoms. The first-order chi connectivity index (χ1) is 15.0. The Balaban J connectivity index is 1.57. The molecule has 5 rings (SSSR count). The number of fused-ring (bicyclic) bond motifs is 4. The summed E-state index contributed by atoms with van der Waals surface area (Å²) in [5, 5.41) is 5.83. The highest BCUT2D eigenvalue weighted by Gasteiger charge is 2.65. The smallest absolute Gasteiger partial charge is 0.250 e. The molecule has 31 heavy (non-hydrogen) atoms. The Morgan fingerprint density at radius 1 is 1.23 bits per heavy atom. The Morgan fingerprint density at radius 2 is 2.06 bits per heavy atom. The number of carbonyl (C=O) groups is 2. The molecule has 3 heterocycles. The van der Waals surface area contributed by atoms with Crippen molar-refractivity contribution >= 4 is 23.2 Å². The van der Waals surface area contributed by atoms with Crippen LogP contribution in [-0.2, 0) is 15.1 Å². The first kappa shape index (κ1) is 19.8. The van der Waals surface area contributed by atoms with Crippen molar-refractivity contribution in [2.75, 3.05) is 31.4 Å². The third kappa shape index (κ3) is 2.81. The topological polar surface area (TPSA) is 79.9 Å². The first-order valence-electron chi connectivity index (χ1n) is 10.4. The van der Waals surface area contributed by atoms with Crippen LogP contribution in [0.3, 0.4) is 0 Å². The van der Waals surface area contributed by atoms with Crippen LogP contribution in [-0.4, -0.2) is 43.5 Å². The number of carbonyl (C=O) groups excluding carboxylic acids is 2. The van der Waals surface area contributed by atoms with Crippen LogP contribution in [0.15, 0.2) is 36.4 Å². The number of anilines is 2. The van der Waals surface area contributed by atoms with Crippen LogP contribution in [0.5, 0.6) is 11.5 Å². The van der Waals surface area contributed by atoms with Crippen LogP contribution >= 0.6 is 0 Å². The largest absolute Gasteiger partial charge is 0.497 e. The van der Waals surface area contributed by atoms with Gasteiger partial charge in [-0.05, 0) is 56.1 Å². The zero-order chi connectivity index (χ0) is 21.8. The number of nitrogens with zero attached hydrogens (tertiary/aromatic N) is 1. The summed E-state index contributed by atoms with van der Waals surface area (Å²) >= 11 is 0. The predicted octanol–water partition coefficient (Wildman–Crippen LogP) is 3.11. The van der Waals surface area contributed by atoms with Gasteiger partial charge in [-0.25, -0.2) is 4.39 Å². The molecule has 2 N–H and O–H groups in total. The van der Waals surface area contributed by atoms with Crippen molar-refractivity contribution in [3.05, 3.63) is 47.8 Å². The van der Waals surface area contributed by atoms with E-state index in [-0.39, 0.29) is 17.9 Å². The van der Waals surface area contributed by atoms with Gasteiger partial charge in [0.2, 0.25) is 11.8 Å². The van der Waals surface area contributed by atoms with E-state index >= 15 is 0 Å². The molecule has 8 heteroatoms. The number of methoxy groups -OCH3 is 2. The van der Waals surface area contributed by atoms with Crippen LogP contribution in [0, 0.1) is 11.7 Å². The Kier molecular flexibility index (Phi) is 4.62. The predicted molar refractivity (Wildman–Crippen MR) is 113 cm³/mol. The van der Waals surface area contributed by atoms with Gasteiger partial charge in [-0.15, -0.1) is 0 Å². The number of halogens is 1. The van der Waals surface area contributed by atoms with Gasteiger partial charge >= 0.3 is 0 Å². The maximum absolute atomic E-state index is 14.2. The fraction of sp³-hybridized carbons (Fsp3) is 0.391. The average Bonchev–Trinajstić information content (AvgIpc) is 3.42. The summed E-state index contributed by atoms with van der Waals surface area (Å²) in [6, 6.07) is 9.52. The fourth-order valence-electron chi connectivity index (χ4n) is 5.53. The van der Waals surface area contributed by atoms with E-state index < -0.39 is 17.3 Å². The molecule has 0 bridgehead atoms. The lowest BCUT2D eigenvalue weighted by Gasteiger charge is -2.36. The second-order valence-electron chi connectivity index (χ2n) is 8.24. The van der Waals surface area contributed by atoms with Crippen molar-refractivity contribution in [1.82, 2.24) is 4.90 Å². The molecule has 2 saturated heterocycles. The zero-order valence-corrected chi connectivity index (χ0v) is 17.4. The maximum Gasteiger partial charge on any atom is 0.250 e. The third-order valence-electron chi connectivity index (χ3n) is 6.81. The van der Waals surface area contributed by atoms with E-state index in [2.05, 4.69) is 15.5 Å². The van der Waals surface area contributed by atoms with E-state index in [4.69, 9.17) is 9.47 Å². The van der Waals surface area contributed by atoms with E-state index in [0.29, 0.717) is 41.4 Å². The maximum atomic E-state index is 14.2. The molecular weight excluding hydrogens is 401 g/mol. The fourth-order valence-corrected chi connectivity index (χ4v) is 5.53. The Bertz CT molecular complexity index is 1070. The van der Waals surface area contributed by atoms with Gasteiger partial charge < -0.3 is 20.1 Å². The van der Waals surface area contributed by atoms with Crippen molar-refractivity contribution in [3.63, 3.8) is 0 Å². The van der Waals surface area contributed by atoms with Crippen LogP contribution in [0.25, 0.3) is 0 Å². The molecule has 2 aromatic carbocycles. The number of hydrogen-bond acceptors (Lipinski definition) is 5. The van der Waals surface area contributed by atoms with Gasteiger partial charge in [-0.3, -0.25) is 14.5 Å². The van der Waals surface area contributed by atoms with Crippen molar-refractivity contribution in [2.24, 2.45) is 5.92 Å². The van der Waals surface area contributed by atoms with Gasteiger partial charge in [0.1, 0.15) is 22.9 Å². The lowest BCUT2D eigenvalue weighted by molar-refractivity contribution is -0.135. The molecule has 0 aromatic heterocycles. The number of hydrogen-bond donors (Lipinski definition) is 2. The Hall–Kier alpha value is -3.13. The van der Waals surface area contributed by atoms with Gasteiger partial charge in [0, 0.05) is 23.4 Å². The minimum Gasteiger partial charge on any atom is -0.497 e. The van der Waals surface area contributed by atoms with Crippen molar-refractivity contribution in [2.45, 2.75) is 30.8 Å². The highest BCUT2D eigenvalue weighted by molar-refractivity contribution is 6.10. The monoisotopic (exact) mass is 425 g/mol. The second kappa shape index (κ2) is 7.23. The summed E-state index contributed by atoms with van der Waals surface area (Å²) in [5.41, 5.74) is 0.358. The van der Waals surface area contributed by atoms with E-state index in [1.807, 2.05) is 0 Å². The molecule has 162 valence electrons. The van der Waals surface area contributed by atoms with Gasteiger partial charge in [0.05, 0.1) is 25.8 Å². The lowest BCUT2D eigenvalue weighted by Crippen LogP contribution is -2.53. The molecule has 0 aliphatic carbocycles. The third-order valence-corrected chi connectivity index (χ3v) is 6.81. The van der Waals surface area contributed by atoms with E-state index in [1.54, 1.807) is 31.4 Å². The van der Waals surface area contributed by atoms with E-state index in [0.717, 1.165) is 12.8 Å². The summed E-state index contributed by atoms with van der Waals surface area (Å²) in [6.45, 7) is 0.695. The van der Waals surface area contributed by atoms with Gasteiger partial charge in [-0.1, -0.05) is 0 Å². The molecule has 2 aromatic rings. The summed E-state index contributed by atoms with van der Waals surface area (Å²) in [4.78, 5) is 29.1. The van der Waals surface area contributed by atoms with Gasteiger partial charge in [0.15, 0.2) is 0 Å². The average molecular weight is 425 g/mol. The quantitative estimate of drug-likeness (QED) is 0.787. The van der Waals surface area contributed by atoms with Crippen LogP contribution < -0.4 is 20.1 Å². The van der Waals surface area contributed by atoms with Crippen LogP contribution in [0.2, 0.25) is 0 Å². The Labute approximate surface area is 179 Å². The summed E-state index contributed by atoms with van der Waals surface area (Å²) in [7, 11) is 3.07. The highest BCUT2D eigenvalue weighted by atomic mass is 19.1. The standard InChI is InChI=1S/C23H24FN3O4/c1-30-15-6-8-20(31-2)19(12-15)25-21(28)17-11-14-4-3-9-27(14)23(17)16-10-13(24)5-7-18(16)26-22(23)29/h5-8,10,12,14,17H,3-4,9,11H2,1-2H3,(H,25,28)(H,26,29)/t14-,17-,23+/m1/s1. The minimum absolute atomic E-state index is 0.0999. The molecule has 2 fully saturated rings. The number of rotatable bonds is 4. The van der Waals surface area contributed by atoms with Crippen molar-refractivity contribution in [3.8, 4) is 11.5 Å². The number of ether oxygens (including phenoxy) is 2. The van der Waals surface area contributed by atoms with Crippen molar-refractivity contribution < 1.29 is 23.5 Å². The lowest BCUT2D eigenvalue weighted by atomic mass is 9.78. The summed E-state index contributed by atoms with van der Waals surface area (Å²) in [6.07, 6.45) is 2.38. The minimum atomic E-state index is -1.21. The SMILES string of the molecule is COc1ccc(OC)c(NC(=O)[C@H]2C[C@H]3CCCN3[C@]23C(=O)Nc2ccc(F)cc23)c1. The highest BCUT2D eigenvalue weighted by Crippen LogP contribution is 2.55.